The van der Waals surface area contributed by atoms with E-state index in [1.54, 1.807) is 0 Å². The van der Waals surface area contributed by atoms with Gasteiger partial charge >= 0.3 is 5.97 Å². The van der Waals surface area contributed by atoms with E-state index >= 15 is 0 Å². The molecule has 1 aromatic heterocycles. The minimum Gasteiger partial charge on any atom is -0.468 e. The lowest BCUT2D eigenvalue weighted by molar-refractivity contribution is -0.153. The first-order valence-corrected chi connectivity index (χ1v) is 9.44. The normalized spacial score (nSPS) is 21.6. The molecular formula is C20H24BrNO3. The zero-order chi connectivity index (χ0) is 18.4. The van der Waals surface area contributed by atoms with E-state index in [1.807, 2.05) is 19.2 Å². The number of fused-ring (bicyclic) bond motifs is 1. The van der Waals surface area contributed by atoms with Crippen LogP contribution in [0, 0.1) is 11.8 Å². The highest BCUT2D eigenvalue weighted by Crippen LogP contribution is 2.45. The third kappa shape index (κ3) is 2.92. The Bertz CT molecular complexity index is 837. The molecule has 1 heterocycles. The summed E-state index contributed by atoms with van der Waals surface area (Å²) in [5.74, 6) is -1.19. The number of nitrogens with zero attached hydrogens (tertiary/aromatic N) is 1. The zero-order valence-electron chi connectivity index (χ0n) is 15.1. The molecule has 3 rings (SSSR count). The predicted octanol–water partition coefficient (Wildman–Crippen LogP) is 4.38. The largest absolute Gasteiger partial charge is 0.468 e. The third-order valence-corrected chi connectivity index (χ3v) is 6.35. The number of halogens is 1. The number of rotatable bonds is 3. The third-order valence-electron chi connectivity index (χ3n) is 5.69. The molecule has 0 bridgehead atoms. The summed E-state index contributed by atoms with van der Waals surface area (Å²) < 4.78 is 7.98. The number of aryl methyl sites for hydroxylation is 1. The number of esters is 1. The highest BCUT2D eigenvalue weighted by molar-refractivity contribution is 9.10. The Balaban J connectivity index is 2.07. The quantitative estimate of drug-likeness (QED) is 0.562. The van der Waals surface area contributed by atoms with Crippen LogP contribution in [0.3, 0.4) is 0 Å². The summed E-state index contributed by atoms with van der Waals surface area (Å²) in [5, 5.41) is 1.14. The van der Waals surface area contributed by atoms with Gasteiger partial charge < -0.3 is 9.30 Å². The number of ether oxygens (including phenoxy) is 1. The minimum absolute atomic E-state index is 0.0205. The molecule has 25 heavy (non-hydrogen) atoms. The van der Waals surface area contributed by atoms with Crippen molar-refractivity contribution in [3.8, 4) is 0 Å². The van der Waals surface area contributed by atoms with Gasteiger partial charge in [-0.05, 0) is 30.5 Å². The van der Waals surface area contributed by atoms with Crippen LogP contribution in [0.15, 0.2) is 28.9 Å². The van der Waals surface area contributed by atoms with Crippen LogP contribution < -0.4 is 0 Å². The Morgan fingerprint density at radius 1 is 1.32 bits per heavy atom. The zero-order valence-corrected chi connectivity index (χ0v) is 16.7. The van der Waals surface area contributed by atoms with Gasteiger partial charge in [-0.15, -0.1) is 0 Å². The van der Waals surface area contributed by atoms with Crippen molar-refractivity contribution in [3.63, 3.8) is 0 Å². The van der Waals surface area contributed by atoms with Crippen LogP contribution >= 0.6 is 15.9 Å². The lowest BCUT2D eigenvalue weighted by Crippen LogP contribution is -2.43. The molecule has 2 atom stereocenters. The summed E-state index contributed by atoms with van der Waals surface area (Å²) in [6.07, 6.45) is 4.38. The first kappa shape index (κ1) is 18.2. The average Bonchev–Trinajstić information content (AvgIpc) is 2.93. The summed E-state index contributed by atoms with van der Waals surface area (Å²) in [5.41, 5.74) is 1.90. The number of ketones is 1. The lowest BCUT2D eigenvalue weighted by Gasteiger charge is -2.38. The standard InChI is InChI=1S/C20H24BrNO3/c1-20(2,13-8-5-7-12(18(13)23)19(24)25-4)14-11-22(3)16-10-6-9-15(21)17(14)16/h6,9-13H,5,7-8H2,1-4H3. The molecule has 1 fully saturated rings. The second-order valence-corrected chi connectivity index (χ2v) is 8.33. The molecule has 2 aromatic rings. The van der Waals surface area contributed by atoms with Gasteiger partial charge in [-0.1, -0.05) is 42.3 Å². The van der Waals surface area contributed by atoms with E-state index in [-0.39, 0.29) is 17.1 Å². The van der Waals surface area contributed by atoms with Crippen LogP contribution in [0.1, 0.15) is 38.7 Å². The summed E-state index contributed by atoms with van der Waals surface area (Å²) in [6.45, 7) is 4.23. The van der Waals surface area contributed by atoms with Crippen LogP contribution in [0.5, 0.6) is 0 Å². The van der Waals surface area contributed by atoms with Crippen LogP contribution in [-0.4, -0.2) is 23.4 Å². The van der Waals surface area contributed by atoms with E-state index in [4.69, 9.17) is 4.74 Å². The number of carbonyl (C=O) groups excluding carboxylic acids is 2. The van der Waals surface area contributed by atoms with Gasteiger partial charge in [0.2, 0.25) is 0 Å². The molecule has 2 unspecified atom stereocenters. The number of aromatic nitrogens is 1. The topological polar surface area (TPSA) is 48.3 Å². The van der Waals surface area contributed by atoms with Crippen molar-refractivity contribution in [3.05, 3.63) is 34.4 Å². The Morgan fingerprint density at radius 2 is 2.04 bits per heavy atom. The highest BCUT2D eigenvalue weighted by Gasteiger charge is 2.45. The smallest absolute Gasteiger partial charge is 0.316 e. The molecule has 1 aliphatic carbocycles. The number of hydrogen-bond donors (Lipinski definition) is 0. The van der Waals surface area contributed by atoms with Gasteiger partial charge in [0.25, 0.3) is 0 Å². The van der Waals surface area contributed by atoms with E-state index in [0.717, 1.165) is 33.8 Å². The summed E-state index contributed by atoms with van der Waals surface area (Å²) >= 11 is 3.67. The van der Waals surface area contributed by atoms with Crippen LogP contribution in [0.4, 0.5) is 0 Å². The number of hydrogen-bond acceptors (Lipinski definition) is 3. The van der Waals surface area contributed by atoms with Crippen LogP contribution in [-0.2, 0) is 26.8 Å². The Hall–Kier alpha value is -1.62. The fourth-order valence-electron chi connectivity index (χ4n) is 4.22. The van der Waals surface area contributed by atoms with Crippen molar-refractivity contribution < 1.29 is 14.3 Å². The molecular weight excluding hydrogens is 382 g/mol. The maximum absolute atomic E-state index is 13.1. The van der Waals surface area contributed by atoms with E-state index in [1.165, 1.54) is 7.11 Å². The monoisotopic (exact) mass is 405 g/mol. The molecule has 0 spiro atoms. The second kappa shape index (κ2) is 6.60. The molecule has 0 saturated heterocycles. The fraction of sp³-hybridized carbons (Fsp3) is 0.500. The molecule has 5 heteroatoms. The highest BCUT2D eigenvalue weighted by atomic mass is 79.9. The van der Waals surface area contributed by atoms with Gasteiger partial charge in [-0.2, -0.15) is 0 Å². The number of benzene rings is 1. The van der Waals surface area contributed by atoms with Crippen molar-refractivity contribution >= 4 is 38.6 Å². The van der Waals surface area contributed by atoms with E-state index < -0.39 is 11.9 Å². The minimum atomic E-state index is -0.624. The Labute approximate surface area is 156 Å². The van der Waals surface area contributed by atoms with Gasteiger partial charge in [-0.3, -0.25) is 9.59 Å². The van der Waals surface area contributed by atoms with Crippen LogP contribution in [0.25, 0.3) is 10.9 Å². The summed E-state index contributed by atoms with van der Waals surface area (Å²) in [4.78, 5) is 25.1. The Morgan fingerprint density at radius 3 is 2.72 bits per heavy atom. The SMILES string of the molecule is COC(=O)C1CCCC(C(C)(C)c2cn(C)c3cccc(Br)c23)C1=O. The van der Waals surface area contributed by atoms with Gasteiger partial charge in [0, 0.05) is 40.0 Å². The Kier molecular flexibility index (Phi) is 4.80. The summed E-state index contributed by atoms with van der Waals surface area (Å²) in [7, 11) is 3.38. The molecule has 0 N–H and O–H groups in total. The molecule has 0 aliphatic heterocycles. The van der Waals surface area contributed by atoms with Crippen molar-refractivity contribution in [2.24, 2.45) is 18.9 Å². The first-order chi connectivity index (χ1) is 11.8. The maximum atomic E-state index is 13.1. The van der Waals surface area contributed by atoms with Gasteiger partial charge in [0.1, 0.15) is 5.92 Å². The van der Waals surface area contributed by atoms with Crippen LogP contribution in [0.2, 0.25) is 0 Å². The van der Waals surface area contributed by atoms with E-state index in [2.05, 4.69) is 46.6 Å². The first-order valence-electron chi connectivity index (χ1n) is 8.64. The molecule has 0 amide bonds. The number of Topliss-reactive ketones (excluding diaryl/α,β-unsaturated/α-hetero) is 1. The molecule has 0 radical (unpaired) electrons. The number of methoxy groups -OCH3 is 1. The van der Waals surface area contributed by atoms with Gasteiger partial charge in [0.05, 0.1) is 7.11 Å². The van der Waals surface area contributed by atoms with Crippen molar-refractivity contribution in [1.29, 1.82) is 0 Å². The maximum Gasteiger partial charge on any atom is 0.316 e. The van der Waals surface area contributed by atoms with Crippen molar-refractivity contribution in [2.75, 3.05) is 7.11 Å². The van der Waals surface area contributed by atoms with Gasteiger partial charge in [0.15, 0.2) is 5.78 Å². The fourth-order valence-corrected chi connectivity index (χ4v) is 4.79. The van der Waals surface area contributed by atoms with E-state index in [0.29, 0.717) is 6.42 Å². The predicted molar refractivity (Wildman–Crippen MR) is 101 cm³/mol. The molecule has 1 aliphatic rings. The van der Waals surface area contributed by atoms with Crippen molar-refractivity contribution in [2.45, 2.75) is 38.5 Å². The molecule has 1 aromatic carbocycles. The molecule has 1 saturated carbocycles. The van der Waals surface area contributed by atoms with Gasteiger partial charge in [-0.25, -0.2) is 0 Å². The molecule has 134 valence electrons. The lowest BCUT2D eigenvalue weighted by atomic mass is 9.64. The summed E-state index contributed by atoms with van der Waals surface area (Å²) in [6, 6.07) is 6.13. The van der Waals surface area contributed by atoms with Crippen molar-refractivity contribution in [1.82, 2.24) is 4.57 Å². The number of carbonyl (C=O) groups is 2. The van der Waals surface area contributed by atoms with E-state index in [9.17, 15) is 9.59 Å². The second-order valence-electron chi connectivity index (χ2n) is 7.47. The molecule has 4 nitrogen and oxygen atoms in total. The average molecular weight is 406 g/mol.